The Balaban J connectivity index is 2.33. The molecule has 0 atom stereocenters. The molecule has 21 heavy (non-hydrogen) atoms. The average Bonchev–Trinajstić information content (AvgIpc) is 2.41. The summed E-state index contributed by atoms with van der Waals surface area (Å²) in [6.07, 6.45) is -4.73. The molecule has 0 saturated carbocycles. The predicted octanol–water partition coefficient (Wildman–Crippen LogP) is 4.71. The largest absolute Gasteiger partial charge is 0.573 e. The van der Waals surface area contributed by atoms with Gasteiger partial charge in [0, 0.05) is 0 Å². The quantitative estimate of drug-likeness (QED) is 0.764. The number of alkyl halides is 3. The topological polar surface area (TPSA) is 18.5 Å². The summed E-state index contributed by atoms with van der Waals surface area (Å²) in [5, 5.41) is 0. The molecule has 6 heteroatoms. The van der Waals surface area contributed by atoms with E-state index in [0.29, 0.717) is 16.7 Å². The van der Waals surface area contributed by atoms with Crippen LogP contribution in [0.15, 0.2) is 36.4 Å². The highest BCUT2D eigenvalue weighted by Crippen LogP contribution is 2.32. The third kappa shape index (κ3) is 3.45. The van der Waals surface area contributed by atoms with Gasteiger partial charge in [-0.3, -0.25) is 0 Å². The van der Waals surface area contributed by atoms with Crippen LogP contribution >= 0.6 is 0 Å². The van der Waals surface area contributed by atoms with Crippen LogP contribution in [0.2, 0.25) is 0 Å². The summed E-state index contributed by atoms with van der Waals surface area (Å²) in [5.41, 5.74) is 1.52. The van der Waals surface area contributed by atoms with Crippen molar-refractivity contribution in [2.24, 2.45) is 0 Å². The van der Waals surface area contributed by atoms with Crippen molar-refractivity contribution in [1.29, 1.82) is 0 Å². The molecule has 0 saturated heterocycles. The monoisotopic (exact) mass is 300 g/mol. The van der Waals surface area contributed by atoms with E-state index in [4.69, 9.17) is 4.74 Å². The van der Waals surface area contributed by atoms with Gasteiger partial charge in [-0.1, -0.05) is 18.2 Å². The van der Waals surface area contributed by atoms with E-state index in [1.807, 2.05) is 0 Å². The molecule has 0 radical (unpaired) electrons. The van der Waals surface area contributed by atoms with Gasteiger partial charge < -0.3 is 9.47 Å². The molecule has 2 nitrogen and oxygen atoms in total. The summed E-state index contributed by atoms with van der Waals surface area (Å²) in [6, 6.07) is 8.37. The molecule has 0 unspecified atom stereocenters. The van der Waals surface area contributed by atoms with Gasteiger partial charge >= 0.3 is 6.36 Å². The molecule has 0 bridgehead atoms. The van der Waals surface area contributed by atoms with E-state index in [2.05, 4.69) is 4.74 Å². The normalized spacial score (nSPS) is 11.3. The molecule has 0 aliphatic rings. The van der Waals surface area contributed by atoms with Gasteiger partial charge in [0.15, 0.2) is 11.6 Å². The zero-order valence-electron chi connectivity index (χ0n) is 11.3. The SMILES string of the molecule is COc1ccc(-c2ccc(OC(F)(F)F)cc2)c(C)c1F. The first-order chi connectivity index (χ1) is 9.81. The Morgan fingerprint density at radius 1 is 0.952 bits per heavy atom. The van der Waals surface area contributed by atoms with Crippen LogP contribution < -0.4 is 9.47 Å². The minimum atomic E-state index is -4.73. The van der Waals surface area contributed by atoms with E-state index in [9.17, 15) is 17.6 Å². The van der Waals surface area contributed by atoms with E-state index < -0.39 is 12.2 Å². The number of benzene rings is 2. The van der Waals surface area contributed by atoms with E-state index in [0.717, 1.165) is 0 Å². The minimum Gasteiger partial charge on any atom is -0.494 e. The fourth-order valence-corrected chi connectivity index (χ4v) is 1.97. The summed E-state index contributed by atoms with van der Waals surface area (Å²) in [4.78, 5) is 0. The second kappa shape index (κ2) is 5.63. The summed E-state index contributed by atoms with van der Waals surface area (Å²) >= 11 is 0. The molecule has 0 heterocycles. The van der Waals surface area contributed by atoms with Gasteiger partial charge in [-0.25, -0.2) is 4.39 Å². The molecule has 0 amide bonds. The summed E-state index contributed by atoms with van der Waals surface area (Å²) < 4.78 is 58.8. The van der Waals surface area contributed by atoms with E-state index in [1.54, 1.807) is 13.0 Å². The maximum absolute atomic E-state index is 14.0. The second-order valence-electron chi connectivity index (χ2n) is 4.33. The van der Waals surface area contributed by atoms with Gasteiger partial charge in [0.05, 0.1) is 7.11 Å². The van der Waals surface area contributed by atoms with Crippen molar-refractivity contribution in [3.63, 3.8) is 0 Å². The standard InChI is InChI=1S/C15H12F4O2/c1-9-12(7-8-13(20-2)14(9)16)10-3-5-11(6-4-10)21-15(17,18)19/h3-8H,1-2H3. The van der Waals surface area contributed by atoms with Crippen LogP contribution in [0.5, 0.6) is 11.5 Å². The van der Waals surface area contributed by atoms with Crippen LogP contribution in [-0.2, 0) is 0 Å². The Labute approximate surface area is 118 Å². The molecule has 2 rings (SSSR count). The Bertz CT molecular complexity index is 633. The van der Waals surface area contributed by atoms with Crippen LogP contribution in [0.3, 0.4) is 0 Å². The first-order valence-electron chi connectivity index (χ1n) is 6.01. The van der Waals surface area contributed by atoms with Gasteiger partial charge in [-0.05, 0) is 41.8 Å². The number of ether oxygens (including phenoxy) is 2. The van der Waals surface area contributed by atoms with Gasteiger partial charge in [0.25, 0.3) is 0 Å². The number of rotatable bonds is 3. The van der Waals surface area contributed by atoms with E-state index >= 15 is 0 Å². The molecule has 2 aromatic carbocycles. The highest BCUT2D eigenvalue weighted by Gasteiger charge is 2.31. The van der Waals surface area contributed by atoms with E-state index in [-0.39, 0.29) is 11.5 Å². The Hall–Kier alpha value is -2.24. The first-order valence-corrected chi connectivity index (χ1v) is 6.01. The third-order valence-corrected chi connectivity index (χ3v) is 2.97. The molecule has 0 N–H and O–H groups in total. The molecule has 0 fully saturated rings. The van der Waals surface area contributed by atoms with E-state index in [1.165, 1.54) is 37.4 Å². The number of hydrogen-bond acceptors (Lipinski definition) is 2. The lowest BCUT2D eigenvalue weighted by atomic mass is 10.00. The zero-order valence-corrected chi connectivity index (χ0v) is 11.3. The van der Waals surface area contributed by atoms with Crippen LogP contribution in [0.25, 0.3) is 11.1 Å². The summed E-state index contributed by atoms with van der Waals surface area (Å²) in [6.45, 7) is 1.58. The Kier molecular flexibility index (Phi) is 4.06. The molecular weight excluding hydrogens is 288 g/mol. The first kappa shape index (κ1) is 15.2. The van der Waals surface area contributed by atoms with Crippen molar-refractivity contribution in [3.8, 4) is 22.6 Å². The van der Waals surface area contributed by atoms with Crippen molar-refractivity contribution in [1.82, 2.24) is 0 Å². The molecule has 2 aromatic rings. The highest BCUT2D eigenvalue weighted by molar-refractivity contribution is 5.69. The lowest BCUT2D eigenvalue weighted by molar-refractivity contribution is -0.274. The Morgan fingerprint density at radius 2 is 1.57 bits per heavy atom. The molecule has 0 aromatic heterocycles. The van der Waals surface area contributed by atoms with Gasteiger partial charge in [0.1, 0.15) is 5.75 Å². The molecule has 0 aliphatic carbocycles. The van der Waals surface area contributed by atoms with Gasteiger partial charge in [0.2, 0.25) is 0 Å². The fourth-order valence-electron chi connectivity index (χ4n) is 1.97. The van der Waals surface area contributed by atoms with Crippen molar-refractivity contribution < 1.29 is 27.0 Å². The molecule has 0 aliphatic heterocycles. The lowest BCUT2D eigenvalue weighted by Crippen LogP contribution is -2.16. The Morgan fingerprint density at radius 3 is 2.10 bits per heavy atom. The third-order valence-electron chi connectivity index (χ3n) is 2.97. The van der Waals surface area contributed by atoms with Crippen molar-refractivity contribution in [3.05, 3.63) is 47.8 Å². The van der Waals surface area contributed by atoms with Crippen LogP contribution in [0.1, 0.15) is 5.56 Å². The highest BCUT2D eigenvalue weighted by atomic mass is 19.4. The predicted molar refractivity (Wildman–Crippen MR) is 69.8 cm³/mol. The second-order valence-corrected chi connectivity index (χ2v) is 4.33. The van der Waals surface area contributed by atoms with Crippen LogP contribution in [0, 0.1) is 12.7 Å². The van der Waals surface area contributed by atoms with Crippen LogP contribution in [0.4, 0.5) is 17.6 Å². The maximum atomic E-state index is 14.0. The minimum absolute atomic E-state index is 0.119. The lowest BCUT2D eigenvalue weighted by Gasteiger charge is -2.12. The van der Waals surface area contributed by atoms with Crippen molar-refractivity contribution >= 4 is 0 Å². The smallest absolute Gasteiger partial charge is 0.494 e. The zero-order chi connectivity index (χ0) is 15.6. The summed E-state index contributed by atoms with van der Waals surface area (Å²) in [7, 11) is 1.36. The van der Waals surface area contributed by atoms with Gasteiger partial charge in [-0.15, -0.1) is 13.2 Å². The summed E-state index contributed by atoms with van der Waals surface area (Å²) in [5.74, 6) is -0.697. The van der Waals surface area contributed by atoms with Crippen molar-refractivity contribution in [2.45, 2.75) is 13.3 Å². The molecule has 0 spiro atoms. The van der Waals surface area contributed by atoms with Gasteiger partial charge in [-0.2, -0.15) is 0 Å². The maximum Gasteiger partial charge on any atom is 0.573 e. The number of hydrogen-bond donors (Lipinski definition) is 0. The molecule has 112 valence electrons. The average molecular weight is 300 g/mol. The van der Waals surface area contributed by atoms with Crippen LogP contribution in [-0.4, -0.2) is 13.5 Å². The number of halogens is 4. The fraction of sp³-hybridized carbons (Fsp3) is 0.200. The van der Waals surface area contributed by atoms with Crippen molar-refractivity contribution in [2.75, 3.05) is 7.11 Å². The number of methoxy groups -OCH3 is 1. The molecular formula is C15H12F4O2.